The van der Waals surface area contributed by atoms with Crippen molar-refractivity contribution in [3.63, 3.8) is 0 Å². The van der Waals surface area contributed by atoms with Crippen molar-refractivity contribution in [2.75, 3.05) is 43.4 Å². The molecule has 24 heavy (non-hydrogen) atoms. The average Bonchev–Trinajstić information content (AvgIpc) is 3.00. The number of benzene rings is 1. The Labute approximate surface area is 142 Å². The molecule has 0 aliphatic carbocycles. The van der Waals surface area contributed by atoms with Crippen molar-refractivity contribution in [2.45, 2.75) is 19.8 Å². The lowest BCUT2D eigenvalue weighted by Crippen LogP contribution is -2.44. The molecular formula is C18H24N4O2. The van der Waals surface area contributed by atoms with Crippen LogP contribution in [0.15, 0.2) is 34.9 Å². The van der Waals surface area contributed by atoms with Crippen LogP contribution < -0.4 is 10.2 Å². The largest absolute Gasteiger partial charge is 0.449 e. The van der Waals surface area contributed by atoms with E-state index in [4.69, 9.17) is 4.42 Å². The molecule has 1 amide bonds. The van der Waals surface area contributed by atoms with E-state index >= 15 is 0 Å². The first-order chi connectivity index (χ1) is 11.6. The number of oxazole rings is 1. The third-order valence-corrected chi connectivity index (χ3v) is 4.29. The van der Waals surface area contributed by atoms with Gasteiger partial charge in [-0.2, -0.15) is 0 Å². The van der Waals surface area contributed by atoms with Gasteiger partial charge < -0.3 is 19.5 Å². The van der Waals surface area contributed by atoms with Crippen LogP contribution in [0, 0.1) is 6.92 Å². The van der Waals surface area contributed by atoms with Crippen LogP contribution in [-0.4, -0.2) is 49.0 Å². The fourth-order valence-corrected chi connectivity index (χ4v) is 2.81. The van der Waals surface area contributed by atoms with E-state index in [0.717, 1.165) is 37.6 Å². The molecule has 2 aromatic rings. The molecule has 1 aliphatic heterocycles. The highest BCUT2D eigenvalue weighted by molar-refractivity contribution is 5.91. The quantitative estimate of drug-likeness (QED) is 0.912. The van der Waals surface area contributed by atoms with Gasteiger partial charge in [0.2, 0.25) is 5.91 Å². The number of likely N-dealkylation sites (N-methyl/N-ethyl adjacent to an activating group) is 1. The van der Waals surface area contributed by atoms with E-state index in [9.17, 15) is 4.79 Å². The number of piperazine rings is 1. The van der Waals surface area contributed by atoms with Gasteiger partial charge in [-0.3, -0.25) is 4.79 Å². The number of aromatic nitrogens is 1. The summed E-state index contributed by atoms with van der Waals surface area (Å²) in [6.45, 7) is 6.05. The normalized spacial score (nSPS) is 15.5. The van der Waals surface area contributed by atoms with Crippen LogP contribution in [0.25, 0.3) is 0 Å². The maximum Gasteiger partial charge on any atom is 0.224 e. The molecule has 128 valence electrons. The summed E-state index contributed by atoms with van der Waals surface area (Å²) in [5.74, 6) is 0.618. The number of nitrogens with one attached hydrogen (secondary N) is 1. The lowest BCUT2D eigenvalue weighted by molar-refractivity contribution is -0.116. The van der Waals surface area contributed by atoms with Crippen LogP contribution in [0.2, 0.25) is 0 Å². The third-order valence-electron chi connectivity index (χ3n) is 4.29. The van der Waals surface area contributed by atoms with Gasteiger partial charge in [-0.1, -0.05) is 0 Å². The summed E-state index contributed by atoms with van der Waals surface area (Å²) in [4.78, 5) is 20.9. The first kappa shape index (κ1) is 16.5. The minimum Gasteiger partial charge on any atom is -0.449 e. The number of anilines is 2. The molecule has 0 saturated carbocycles. The summed E-state index contributed by atoms with van der Waals surface area (Å²) >= 11 is 0. The van der Waals surface area contributed by atoms with Gasteiger partial charge in [-0.25, -0.2) is 4.98 Å². The highest BCUT2D eigenvalue weighted by Crippen LogP contribution is 2.19. The lowest BCUT2D eigenvalue weighted by atomic mass is 10.2. The zero-order chi connectivity index (χ0) is 16.9. The third kappa shape index (κ3) is 4.35. The molecule has 6 nitrogen and oxygen atoms in total. The second-order valence-corrected chi connectivity index (χ2v) is 6.24. The average molecular weight is 328 g/mol. The van der Waals surface area contributed by atoms with Crippen molar-refractivity contribution in [3.8, 4) is 0 Å². The summed E-state index contributed by atoms with van der Waals surface area (Å²) in [6, 6.07) is 8.07. The zero-order valence-corrected chi connectivity index (χ0v) is 14.3. The Hall–Kier alpha value is -2.34. The molecule has 0 bridgehead atoms. The highest BCUT2D eigenvalue weighted by atomic mass is 16.3. The minimum atomic E-state index is -0.0111. The van der Waals surface area contributed by atoms with E-state index < -0.39 is 0 Å². The Morgan fingerprint density at radius 3 is 2.54 bits per heavy atom. The van der Waals surface area contributed by atoms with E-state index in [1.165, 1.54) is 5.69 Å². The molecule has 0 atom stereocenters. The summed E-state index contributed by atoms with van der Waals surface area (Å²) in [7, 11) is 2.15. The standard InChI is InChI=1S/C18H24N4O2/c1-14-19-16(13-24-14)5-8-18(23)20-15-3-6-17(7-4-15)22-11-9-21(2)10-12-22/h3-4,6-7,13H,5,8-12H2,1-2H3,(H,20,23). The van der Waals surface area contributed by atoms with Gasteiger partial charge in [-0.05, 0) is 31.3 Å². The number of rotatable bonds is 5. The molecule has 0 unspecified atom stereocenters. The van der Waals surface area contributed by atoms with E-state index in [-0.39, 0.29) is 5.91 Å². The first-order valence-corrected chi connectivity index (χ1v) is 8.34. The van der Waals surface area contributed by atoms with Gasteiger partial charge in [0.05, 0.1) is 5.69 Å². The van der Waals surface area contributed by atoms with Crippen LogP contribution >= 0.6 is 0 Å². The van der Waals surface area contributed by atoms with Gasteiger partial charge >= 0.3 is 0 Å². The number of hydrogen-bond acceptors (Lipinski definition) is 5. The molecule has 1 N–H and O–H groups in total. The maximum atomic E-state index is 12.0. The predicted molar refractivity (Wildman–Crippen MR) is 94.3 cm³/mol. The Morgan fingerprint density at radius 2 is 1.92 bits per heavy atom. The van der Waals surface area contributed by atoms with E-state index in [2.05, 4.69) is 39.3 Å². The van der Waals surface area contributed by atoms with Crippen molar-refractivity contribution < 1.29 is 9.21 Å². The number of carbonyl (C=O) groups excluding carboxylic acids is 1. The smallest absolute Gasteiger partial charge is 0.224 e. The van der Waals surface area contributed by atoms with Crippen LogP contribution in [0.1, 0.15) is 18.0 Å². The predicted octanol–water partition coefficient (Wildman–Crippen LogP) is 2.31. The van der Waals surface area contributed by atoms with Crippen LogP contribution in [0.3, 0.4) is 0 Å². The molecule has 1 fully saturated rings. The van der Waals surface area contributed by atoms with Gasteiger partial charge in [0.15, 0.2) is 5.89 Å². The monoisotopic (exact) mass is 328 g/mol. The number of nitrogens with zero attached hydrogens (tertiary/aromatic N) is 3. The Morgan fingerprint density at radius 1 is 1.21 bits per heavy atom. The van der Waals surface area contributed by atoms with Crippen molar-refractivity contribution in [3.05, 3.63) is 42.1 Å². The second kappa shape index (κ2) is 7.49. The van der Waals surface area contributed by atoms with Gasteiger partial charge in [0.1, 0.15) is 6.26 Å². The van der Waals surface area contributed by atoms with E-state index in [0.29, 0.717) is 18.7 Å². The number of amides is 1. The molecule has 0 radical (unpaired) electrons. The van der Waals surface area contributed by atoms with Crippen LogP contribution in [0.4, 0.5) is 11.4 Å². The van der Waals surface area contributed by atoms with Gasteiger partial charge in [-0.15, -0.1) is 0 Å². The van der Waals surface area contributed by atoms with Crippen molar-refractivity contribution in [1.29, 1.82) is 0 Å². The fourth-order valence-electron chi connectivity index (χ4n) is 2.81. The summed E-state index contributed by atoms with van der Waals surface area (Å²) < 4.78 is 5.14. The lowest BCUT2D eigenvalue weighted by Gasteiger charge is -2.34. The maximum absolute atomic E-state index is 12.0. The van der Waals surface area contributed by atoms with E-state index in [1.807, 2.05) is 12.1 Å². The first-order valence-electron chi connectivity index (χ1n) is 8.34. The van der Waals surface area contributed by atoms with Crippen molar-refractivity contribution >= 4 is 17.3 Å². The molecule has 1 aromatic carbocycles. The molecule has 6 heteroatoms. The van der Waals surface area contributed by atoms with E-state index in [1.54, 1.807) is 13.2 Å². The number of hydrogen-bond donors (Lipinski definition) is 1. The Bertz CT molecular complexity index is 673. The summed E-state index contributed by atoms with van der Waals surface area (Å²) in [5.41, 5.74) is 2.85. The number of carbonyl (C=O) groups is 1. The molecule has 0 spiro atoms. The highest BCUT2D eigenvalue weighted by Gasteiger charge is 2.14. The molecule has 1 aliphatic rings. The van der Waals surface area contributed by atoms with Gasteiger partial charge in [0, 0.05) is 57.3 Å². The van der Waals surface area contributed by atoms with Crippen molar-refractivity contribution in [2.24, 2.45) is 0 Å². The molecule has 1 saturated heterocycles. The Kier molecular flexibility index (Phi) is 5.15. The van der Waals surface area contributed by atoms with Crippen LogP contribution in [-0.2, 0) is 11.2 Å². The number of aryl methyl sites for hydroxylation is 2. The SMILES string of the molecule is Cc1nc(CCC(=O)Nc2ccc(N3CCN(C)CC3)cc2)co1. The fraction of sp³-hybridized carbons (Fsp3) is 0.444. The topological polar surface area (TPSA) is 61.6 Å². The minimum absolute atomic E-state index is 0.0111. The summed E-state index contributed by atoms with van der Waals surface area (Å²) in [5, 5.41) is 2.93. The Balaban J connectivity index is 1.49. The van der Waals surface area contributed by atoms with Crippen molar-refractivity contribution in [1.82, 2.24) is 9.88 Å². The van der Waals surface area contributed by atoms with Gasteiger partial charge in [0.25, 0.3) is 0 Å². The second-order valence-electron chi connectivity index (χ2n) is 6.24. The molecule has 3 rings (SSSR count). The zero-order valence-electron chi connectivity index (χ0n) is 14.3. The molecule has 1 aromatic heterocycles. The molecular weight excluding hydrogens is 304 g/mol. The molecule has 2 heterocycles. The van der Waals surface area contributed by atoms with Crippen LogP contribution in [0.5, 0.6) is 0 Å². The summed E-state index contributed by atoms with van der Waals surface area (Å²) in [6.07, 6.45) is 2.59.